The van der Waals surface area contributed by atoms with E-state index in [1.54, 1.807) is 30.1 Å². The van der Waals surface area contributed by atoms with Gasteiger partial charge in [0, 0.05) is 25.1 Å². The fourth-order valence-electron chi connectivity index (χ4n) is 4.37. The van der Waals surface area contributed by atoms with Crippen LogP contribution in [-0.2, 0) is 25.8 Å². The summed E-state index contributed by atoms with van der Waals surface area (Å²) in [6.07, 6.45) is 4.47. The Morgan fingerprint density at radius 2 is 2.13 bits per heavy atom. The lowest BCUT2D eigenvalue weighted by Crippen LogP contribution is -2.27. The Bertz CT molecular complexity index is 1480. The van der Waals surface area contributed by atoms with Crippen molar-refractivity contribution in [2.24, 2.45) is 11.1 Å². The molecule has 4 rings (SSSR count). The molecule has 1 aromatic carbocycles. The fraction of sp³-hybridized carbons (Fsp3) is 0.320. The lowest BCUT2D eigenvalue weighted by molar-refractivity contribution is -0.113. The van der Waals surface area contributed by atoms with Crippen molar-refractivity contribution in [2.45, 2.75) is 31.6 Å². The van der Waals surface area contributed by atoms with Gasteiger partial charge in [-0.2, -0.15) is 13.5 Å². The smallest absolute Gasteiger partial charge is 0.333 e. The first-order chi connectivity index (χ1) is 18.5. The molecule has 0 bridgehead atoms. The minimum atomic E-state index is -4.12. The third kappa shape index (κ3) is 7.10. The summed E-state index contributed by atoms with van der Waals surface area (Å²) < 4.78 is 43.0. The molecular weight excluding hydrogens is 529 g/mol. The maximum Gasteiger partial charge on any atom is 0.333 e. The highest BCUT2D eigenvalue weighted by Crippen LogP contribution is 2.32. The number of amides is 1. The number of benzene rings is 1. The Balaban J connectivity index is 1.45. The van der Waals surface area contributed by atoms with Crippen LogP contribution in [0.4, 0.5) is 15.9 Å². The Morgan fingerprint density at radius 1 is 1.33 bits per heavy atom. The molecular formula is C25H28FN7O5S. The Morgan fingerprint density at radius 3 is 2.87 bits per heavy atom. The third-order valence-electron chi connectivity index (χ3n) is 6.35. The van der Waals surface area contributed by atoms with Crippen LogP contribution in [0.25, 0.3) is 0 Å². The van der Waals surface area contributed by atoms with Crippen molar-refractivity contribution >= 4 is 33.5 Å². The standard InChI is InChI=1S/C25H28FN7O5S/c1-3-23(34)32(2)18-6-4-5-16(9-18)13-33-8-7-21(31-33)24(35)19-12-28-15-29-25(19)30-22-11-17(10-20(22)26)14-38-39(27,36)37/h3-9,12,15,17,20,22H,1,10-11,13-14H2,2H3,(H2,27,36,37)(H,28,29,30). The highest BCUT2D eigenvalue weighted by atomic mass is 32.2. The number of hydrogen-bond acceptors (Lipinski definition) is 9. The zero-order chi connectivity index (χ0) is 28.2. The number of nitrogens with zero attached hydrogens (tertiary/aromatic N) is 5. The maximum absolute atomic E-state index is 14.7. The van der Waals surface area contributed by atoms with Crippen molar-refractivity contribution in [3.8, 4) is 0 Å². The maximum atomic E-state index is 14.7. The second-order valence-corrected chi connectivity index (χ2v) is 10.4. The summed E-state index contributed by atoms with van der Waals surface area (Å²) in [7, 11) is -2.47. The van der Waals surface area contributed by atoms with Crippen LogP contribution in [-0.4, -0.2) is 65.7 Å². The van der Waals surface area contributed by atoms with E-state index >= 15 is 0 Å². The minimum absolute atomic E-state index is 0.0741. The van der Waals surface area contributed by atoms with Gasteiger partial charge in [-0.05, 0) is 48.6 Å². The van der Waals surface area contributed by atoms with Crippen LogP contribution in [0.5, 0.6) is 0 Å². The van der Waals surface area contributed by atoms with E-state index in [0.29, 0.717) is 12.2 Å². The molecule has 0 spiro atoms. The quantitative estimate of drug-likeness (QED) is 0.265. The van der Waals surface area contributed by atoms with E-state index in [1.165, 1.54) is 23.5 Å². The zero-order valence-corrected chi connectivity index (χ0v) is 21.9. The number of hydrogen-bond donors (Lipinski definition) is 2. The fourth-order valence-corrected chi connectivity index (χ4v) is 4.75. The molecule has 0 aliphatic heterocycles. The molecule has 1 fully saturated rings. The number of halogens is 1. The number of ketones is 1. The molecule has 3 aromatic rings. The van der Waals surface area contributed by atoms with Crippen molar-refractivity contribution in [1.82, 2.24) is 19.7 Å². The zero-order valence-electron chi connectivity index (χ0n) is 21.1. The number of likely N-dealkylation sites (N-methyl/N-ethyl adjacent to an activating group) is 1. The van der Waals surface area contributed by atoms with Gasteiger partial charge in [0.2, 0.25) is 11.7 Å². The van der Waals surface area contributed by atoms with E-state index in [2.05, 4.69) is 31.1 Å². The van der Waals surface area contributed by atoms with Crippen LogP contribution < -0.4 is 15.4 Å². The number of anilines is 2. The van der Waals surface area contributed by atoms with Gasteiger partial charge in [0.05, 0.1) is 24.8 Å². The number of carbonyl (C=O) groups is 2. The molecule has 1 aliphatic carbocycles. The average molecular weight is 558 g/mol. The molecule has 1 saturated carbocycles. The molecule has 1 amide bonds. The molecule has 2 heterocycles. The summed E-state index contributed by atoms with van der Waals surface area (Å²) in [5, 5.41) is 12.2. The van der Waals surface area contributed by atoms with Gasteiger partial charge in [-0.3, -0.25) is 18.5 Å². The van der Waals surface area contributed by atoms with Crippen LogP contribution >= 0.6 is 0 Å². The van der Waals surface area contributed by atoms with Crippen LogP contribution in [0.2, 0.25) is 0 Å². The average Bonchev–Trinajstić information content (AvgIpc) is 3.52. The Hall–Kier alpha value is -4.01. The van der Waals surface area contributed by atoms with E-state index < -0.39 is 28.3 Å². The summed E-state index contributed by atoms with van der Waals surface area (Å²) in [5.41, 5.74) is 1.81. The molecule has 0 radical (unpaired) electrons. The van der Waals surface area contributed by atoms with Crippen LogP contribution in [0, 0.1) is 5.92 Å². The SMILES string of the molecule is C=CC(=O)N(C)c1cccc(Cn2ccc(C(=O)c3cncnc3NC3CC(COS(N)(=O)=O)CC3F)n2)c1. The summed E-state index contributed by atoms with van der Waals surface area (Å²) in [4.78, 5) is 34.7. The number of nitrogens with two attached hydrogens (primary N) is 1. The monoisotopic (exact) mass is 557 g/mol. The second kappa shape index (κ2) is 11.8. The third-order valence-corrected chi connectivity index (χ3v) is 6.81. The number of nitrogens with one attached hydrogen (secondary N) is 1. The summed E-state index contributed by atoms with van der Waals surface area (Å²) in [6.45, 7) is 3.62. The van der Waals surface area contributed by atoms with E-state index in [1.807, 2.05) is 18.2 Å². The molecule has 39 heavy (non-hydrogen) atoms. The van der Waals surface area contributed by atoms with Crippen LogP contribution in [0.3, 0.4) is 0 Å². The molecule has 1 aliphatic rings. The largest absolute Gasteiger partial charge is 0.364 e. The molecule has 3 unspecified atom stereocenters. The van der Waals surface area contributed by atoms with E-state index in [0.717, 1.165) is 5.56 Å². The Kier molecular flexibility index (Phi) is 8.47. The summed E-state index contributed by atoms with van der Waals surface area (Å²) in [6, 6.07) is 8.19. The van der Waals surface area contributed by atoms with Gasteiger partial charge in [-0.1, -0.05) is 18.7 Å². The molecule has 14 heteroatoms. The van der Waals surface area contributed by atoms with Gasteiger partial charge in [-0.15, -0.1) is 0 Å². The molecule has 3 N–H and O–H groups in total. The van der Waals surface area contributed by atoms with Crippen LogP contribution in [0.15, 0.2) is 61.7 Å². The minimum Gasteiger partial charge on any atom is -0.364 e. The lowest BCUT2D eigenvalue weighted by Gasteiger charge is -2.17. The topological polar surface area (TPSA) is 162 Å². The molecule has 0 saturated heterocycles. The summed E-state index contributed by atoms with van der Waals surface area (Å²) >= 11 is 0. The van der Waals surface area contributed by atoms with Gasteiger partial charge < -0.3 is 10.2 Å². The first kappa shape index (κ1) is 28.0. The van der Waals surface area contributed by atoms with E-state index in [-0.39, 0.29) is 48.3 Å². The highest BCUT2D eigenvalue weighted by Gasteiger charge is 2.36. The van der Waals surface area contributed by atoms with Gasteiger partial charge in [0.25, 0.3) is 0 Å². The second-order valence-electron chi connectivity index (χ2n) is 9.17. The molecule has 3 atom stereocenters. The Labute approximate surface area is 224 Å². The van der Waals surface area contributed by atoms with Gasteiger partial charge in [0.1, 0.15) is 24.0 Å². The number of alkyl halides is 1. The molecule has 2 aromatic heterocycles. The summed E-state index contributed by atoms with van der Waals surface area (Å²) in [5.74, 6) is -0.921. The molecule has 12 nitrogen and oxygen atoms in total. The van der Waals surface area contributed by atoms with Crippen LogP contribution in [0.1, 0.15) is 34.5 Å². The van der Waals surface area contributed by atoms with Crippen molar-refractivity contribution < 1.29 is 26.6 Å². The van der Waals surface area contributed by atoms with Gasteiger partial charge in [0.15, 0.2) is 0 Å². The van der Waals surface area contributed by atoms with Crippen molar-refractivity contribution in [2.75, 3.05) is 23.9 Å². The van der Waals surface area contributed by atoms with Crippen molar-refractivity contribution in [3.63, 3.8) is 0 Å². The predicted octanol–water partition coefficient (Wildman–Crippen LogP) is 1.85. The number of carbonyl (C=O) groups excluding carboxylic acids is 2. The normalized spacial score (nSPS) is 19.0. The number of aromatic nitrogens is 4. The van der Waals surface area contributed by atoms with Gasteiger partial charge in [-0.25, -0.2) is 19.5 Å². The number of rotatable bonds is 11. The van der Waals surface area contributed by atoms with Crippen molar-refractivity contribution in [3.05, 3.63) is 78.5 Å². The first-order valence-electron chi connectivity index (χ1n) is 12.0. The van der Waals surface area contributed by atoms with Gasteiger partial charge >= 0.3 is 10.3 Å². The highest BCUT2D eigenvalue weighted by molar-refractivity contribution is 7.84. The van der Waals surface area contributed by atoms with Crippen molar-refractivity contribution in [1.29, 1.82) is 0 Å². The predicted molar refractivity (Wildman–Crippen MR) is 141 cm³/mol. The lowest BCUT2D eigenvalue weighted by atomic mass is 10.1. The van der Waals surface area contributed by atoms with E-state index in [9.17, 15) is 22.4 Å². The molecule has 206 valence electrons. The van der Waals surface area contributed by atoms with E-state index in [4.69, 9.17) is 5.14 Å². The first-order valence-corrected chi connectivity index (χ1v) is 13.5.